The molecule has 1 saturated heterocycles. The van der Waals surface area contributed by atoms with Crippen LogP contribution in [0.4, 0.5) is 0 Å². The van der Waals surface area contributed by atoms with Gasteiger partial charge in [0.25, 0.3) is 0 Å². The number of ether oxygens (including phenoxy) is 2. The molecular formula is C23H42O4Si. The summed E-state index contributed by atoms with van der Waals surface area (Å²) in [5, 5.41) is 9.56. The fourth-order valence-corrected chi connectivity index (χ4v) is 5.88. The van der Waals surface area contributed by atoms with Crippen molar-refractivity contribution in [3.05, 3.63) is 11.6 Å². The predicted octanol–water partition coefficient (Wildman–Crippen LogP) is 5.27. The highest BCUT2D eigenvalue weighted by Gasteiger charge is 2.47. The van der Waals surface area contributed by atoms with Crippen molar-refractivity contribution in [1.29, 1.82) is 0 Å². The lowest BCUT2D eigenvalue weighted by Gasteiger charge is -2.39. The van der Waals surface area contributed by atoms with Gasteiger partial charge in [-0.05, 0) is 74.9 Å². The molecule has 5 heteroatoms. The molecule has 3 unspecified atom stereocenters. The minimum atomic E-state index is -1.77. The third-order valence-corrected chi connectivity index (χ3v) is 12.2. The second-order valence-electron chi connectivity index (χ2n) is 10.6. The van der Waals surface area contributed by atoms with Crippen molar-refractivity contribution in [2.75, 3.05) is 19.8 Å². The average Bonchev–Trinajstić information content (AvgIpc) is 2.96. The highest BCUT2D eigenvalue weighted by atomic mass is 28.4. The maximum Gasteiger partial charge on any atom is 0.191 e. The van der Waals surface area contributed by atoms with E-state index < -0.39 is 8.32 Å². The van der Waals surface area contributed by atoms with Crippen molar-refractivity contribution < 1.29 is 19.0 Å². The van der Waals surface area contributed by atoms with E-state index in [0.717, 1.165) is 45.3 Å². The van der Waals surface area contributed by atoms with E-state index in [9.17, 15) is 5.11 Å². The first-order valence-corrected chi connectivity index (χ1v) is 14.3. The molecule has 3 rings (SSSR count). The molecule has 0 radical (unpaired) electrons. The Morgan fingerprint density at radius 2 is 2.00 bits per heavy atom. The average molecular weight is 411 g/mol. The van der Waals surface area contributed by atoms with Crippen LogP contribution in [0.25, 0.3) is 0 Å². The van der Waals surface area contributed by atoms with Crippen LogP contribution in [-0.2, 0) is 13.9 Å². The van der Waals surface area contributed by atoms with Gasteiger partial charge in [0.2, 0.25) is 0 Å². The fraction of sp³-hybridized carbons (Fsp3) is 0.913. The number of aliphatic hydroxyl groups is 1. The SMILES string of the molecule is CC(C)(C)[Si](C)(C)OCC1C(OC2CCCCO2)C[C@H]2C=C(CCO)CC[C@@H]12. The monoisotopic (exact) mass is 410 g/mol. The van der Waals surface area contributed by atoms with Gasteiger partial charge in [-0.15, -0.1) is 0 Å². The zero-order valence-electron chi connectivity index (χ0n) is 18.7. The molecule has 1 saturated carbocycles. The lowest BCUT2D eigenvalue weighted by Crippen LogP contribution is -2.44. The summed E-state index contributed by atoms with van der Waals surface area (Å²) in [5.41, 5.74) is 1.43. The molecule has 5 atom stereocenters. The van der Waals surface area contributed by atoms with Gasteiger partial charge in [0.1, 0.15) is 0 Å². The van der Waals surface area contributed by atoms with E-state index >= 15 is 0 Å². The first kappa shape index (κ1) is 22.5. The number of aliphatic hydroxyl groups excluding tert-OH is 1. The van der Waals surface area contributed by atoms with Gasteiger partial charge >= 0.3 is 0 Å². The van der Waals surface area contributed by atoms with Crippen molar-refractivity contribution in [3.8, 4) is 0 Å². The summed E-state index contributed by atoms with van der Waals surface area (Å²) < 4.78 is 19.1. The molecule has 1 heterocycles. The summed E-state index contributed by atoms with van der Waals surface area (Å²) in [4.78, 5) is 0. The number of fused-ring (bicyclic) bond motifs is 1. The van der Waals surface area contributed by atoms with E-state index in [4.69, 9.17) is 13.9 Å². The molecule has 0 aromatic rings. The van der Waals surface area contributed by atoms with E-state index in [1.54, 1.807) is 0 Å². The van der Waals surface area contributed by atoms with Crippen LogP contribution >= 0.6 is 0 Å². The van der Waals surface area contributed by atoms with Crippen molar-refractivity contribution in [1.82, 2.24) is 0 Å². The summed E-state index contributed by atoms with van der Waals surface area (Å²) in [6.07, 6.45) is 10.2. The Morgan fingerprint density at radius 1 is 1.21 bits per heavy atom. The van der Waals surface area contributed by atoms with Gasteiger partial charge in [-0.25, -0.2) is 0 Å². The van der Waals surface area contributed by atoms with Gasteiger partial charge in [-0.3, -0.25) is 0 Å². The van der Waals surface area contributed by atoms with Gasteiger partial charge in [-0.2, -0.15) is 0 Å². The van der Waals surface area contributed by atoms with Crippen LogP contribution in [0.1, 0.15) is 65.7 Å². The van der Waals surface area contributed by atoms with Crippen molar-refractivity contribution >= 4 is 8.32 Å². The summed E-state index contributed by atoms with van der Waals surface area (Å²) >= 11 is 0. The molecular weight excluding hydrogens is 368 g/mol. The van der Waals surface area contributed by atoms with Crippen LogP contribution in [0.15, 0.2) is 11.6 Å². The molecule has 4 nitrogen and oxygen atoms in total. The Balaban J connectivity index is 1.70. The molecule has 2 fully saturated rings. The second-order valence-corrected chi connectivity index (χ2v) is 15.4. The number of hydrogen-bond acceptors (Lipinski definition) is 4. The van der Waals surface area contributed by atoms with E-state index in [2.05, 4.69) is 39.9 Å². The molecule has 1 aliphatic heterocycles. The van der Waals surface area contributed by atoms with E-state index in [0.29, 0.717) is 17.8 Å². The van der Waals surface area contributed by atoms with Gasteiger partial charge in [0.05, 0.1) is 6.10 Å². The standard InChI is InChI=1S/C23H42O4Si/c1-23(2,3)28(4,5)26-16-20-19-10-9-17(11-12-24)14-18(19)15-21(20)27-22-8-6-7-13-25-22/h14,18-22,24H,6-13,15-16H2,1-5H3/t18-,19-,20?,21?,22?/m1/s1. The smallest absolute Gasteiger partial charge is 0.191 e. The molecule has 0 amide bonds. The molecule has 28 heavy (non-hydrogen) atoms. The van der Waals surface area contributed by atoms with Crippen LogP contribution in [-0.4, -0.2) is 45.6 Å². The van der Waals surface area contributed by atoms with Crippen LogP contribution in [0.2, 0.25) is 18.1 Å². The number of hydrogen-bond donors (Lipinski definition) is 1. The molecule has 1 N–H and O–H groups in total. The van der Waals surface area contributed by atoms with Crippen LogP contribution < -0.4 is 0 Å². The molecule has 2 aliphatic carbocycles. The molecule has 0 aromatic heterocycles. The quantitative estimate of drug-likeness (QED) is 0.458. The Hall–Kier alpha value is -0.203. The van der Waals surface area contributed by atoms with Crippen LogP contribution in [0, 0.1) is 17.8 Å². The zero-order valence-corrected chi connectivity index (χ0v) is 19.7. The molecule has 3 aliphatic rings. The minimum absolute atomic E-state index is 0.0323. The summed E-state index contributed by atoms with van der Waals surface area (Å²) in [5.74, 6) is 1.66. The Labute approximate surface area is 173 Å². The van der Waals surface area contributed by atoms with E-state index in [-0.39, 0.29) is 24.0 Å². The predicted molar refractivity (Wildman–Crippen MR) is 116 cm³/mol. The van der Waals surface area contributed by atoms with Crippen LogP contribution in [0.3, 0.4) is 0 Å². The maximum atomic E-state index is 9.33. The third kappa shape index (κ3) is 5.28. The van der Waals surface area contributed by atoms with Gasteiger partial charge in [0, 0.05) is 25.7 Å². The van der Waals surface area contributed by atoms with E-state index in [1.165, 1.54) is 18.4 Å². The van der Waals surface area contributed by atoms with Crippen molar-refractivity contribution in [2.24, 2.45) is 17.8 Å². The Bertz CT molecular complexity index is 533. The first-order valence-electron chi connectivity index (χ1n) is 11.4. The zero-order chi connectivity index (χ0) is 20.4. The third-order valence-electron chi connectivity index (χ3n) is 7.67. The fourth-order valence-electron chi connectivity index (χ4n) is 4.84. The van der Waals surface area contributed by atoms with E-state index in [1.807, 2.05) is 0 Å². The minimum Gasteiger partial charge on any atom is -0.416 e. The van der Waals surface area contributed by atoms with Gasteiger partial charge in [-0.1, -0.05) is 32.4 Å². The first-order chi connectivity index (χ1) is 13.2. The molecule has 0 bridgehead atoms. The number of rotatable bonds is 7. The second kappa shape index (κ2) is 9.30. The maximum absolute atomic E-state index is 9.33. The summed E-state index contributed by atoms with van der Waals surface area (Å²) in [6, 6.07) is 0. The topological polar surface area (TPSA) is 47.9 Å². The molecule has 0 spiro atoms. The number of allylic oxidation sites excluding steroid dienone is 1. The lowest BCUT2D eigenvalue weighted by molar-refractivity contribution is -0.197. The molecule has 0 aromatic carbocycles. The lowest BCUT2D eigenvalue weighted by atomic mass is 9.79. The Morgan fingerprint density at radius 3 is 2.64 bits per heavy atom. The Kier molecular flexibility index (Phi) is 7.46. The van der Waals surface area contributed by atoms with Crippen molar-refractivity contribution in [2.45, 2.75) is 96.2 Å². The van der Waals surface area contributed by atoms with Crippen LogP contribution in [0.5, 0.6) is 0 Å². The summed E-state index contributed by atoms with van der Waals surface area (Å²) in [7, 11) is -1.77. The van der Waals surface area contributed by atoms with Crippen molar-refractivity contribution in [3.63, 3.8) is 0 Å². The molecule has 162 valence electrons. The van der Waals surface area contributed by atoms with Gasteiger partial charge in [0.15, 0.2) is 14.6 Å². The largest absolute Gasteiger partial charge is 0.416 e. The highest BCUT2D eigenvalue weighted by Crippen LogP contribution is 2.48. The normalized spacial score (nSPS) is 34.2. The highest BCUT2D eigenvalue weighted by molar-refractivity contribution is 6.74. The van der Waals surface area contributed by atoms with Gasteiger partial charge < -0.3 is 19.0 Å². The summed E-state index contributed by atoms with van der Waals surface area (Å²) in [6.45, 7) is 13.5.